The van der Waals surface area contributed by atoms with Gasteiger partial charge in [0, 0.05) is 22.6 Å². The molecule has 0 radical (unpaired) electrons. The van der Waals surface area contributed by atoms with Gasteiger partial charge in [0.2, 0.25) is 11.8 Å². The van der Waals surface area contributed by atoms with Gasteiger partial charge in [-0.25, -0.2) is 12.7 Å². The molecule has 176 valence electrons. The van der Waals surface area contributed by atoms with Crippen molar-refractivity contribution in [1.82, 2.24) is 14.5 Å². The van der Waals surface area contributed by atoms with E-state index < -0.39 is 40.3 Å². The Morgan fingerprint density at radius 1 is 1.09 bits per heavy atom. The van der Waals surface area contributed by atoms with Crippen molar-refractivity contribution in [2.75, 3.05) is 6.54 Å². The highest BCUT2D eigenvalue weighted by molar-refractivity contribution is 7.90. The van der Waals surface area contributed by atoms with Gasteiger partial charge in [0.15, 0.2) is 0 Å². The molecule has 0 saturated carbocycles. The minimum Gasteiger partial charge on any atom is -0.352 e. The summed E-state index contributed by atoms with van der Waals surface area (Å²) in [6.07, 6.45) is 0. The van der Waals surface area contributed by atoms with Crippen LogP contribution in [0.25, 0.3) is 0 Å². The van der Waals surface area contributed by atoms with Gasteiger partial charge in [0.05, 0.1) is 5.56 Å². The highest BCUT2D eigenvalue weighted by atomic mass is 35.5. The Balaban J connectivity index is 1.92. The maximum atomic E-state index is 13.3. The van der Waals surface area contributed by atoms with Crippen LogP contribution in [0.2, 0.25) is 10.0 Å². The van der Waals surface area contributed by atoms with Gasteiger partial charge in [-0.3, -0.25) is 14.4 Å². The van der Waals surface area contributed by atoms with Crippen molar-refractivity contribution in [3.63, 3.8) is 0 Å². The lowest BCUT2D eigenvalue weighted by Crippen LogP contribution is -2.52. The van der Waals surface area contributed by atoms with Crippen LogP contribution in [0, 0.1) is 0 Å². The minimum atomic E-state index is -4.18. The Labute approximate surface area is 202 Å². The van der Waals surface area contributed by atoms with E-state index in [0.717, 1.165) is 0 Å². The molecule has 1 atom stereocenters. The smallest absolute Gasteiger partial charge is 0.269 e. The molecule has 11 heteroatoms. The molecule has 0 unspecified atom stereocenters. The summed E-state index contributed by atoms with van der Waals surface area (Å²) < 4.78 is 26.3. The number of fused-ring (bicyclic) bond motifs is 1. The van der Waals surface area contributed by atoms with Crippen molar-refractivity contribution in [2.24, 2.45) is 0 Å². The van der Waals surface area contributed by atoms with Crippen molar-refractivity contribution < 1.29 is 22.8 Å². The number of nitrogens with zero attached hydrogens (tertiary/aromatic N) is 2. The van der Waals surface area contributed by atoms with E-state index in [0.29, 0.717) is 14.9 Å². The van der Waals surface area contributed by atoms with Crippen molar-refractivity contribution >= 4 is 50.9 Å². The summed E-state index contributed by atoms with van der Waals surface area (Å²) in [4.78, 5) is 39.8. The fraction of sp³-hybridized carbons (Fsp3) is 0.318. The van der Waals surface area contributed by atoms with Gasteiger partial charge in [0.1, 0.15) is 17.5 Å². The first-order valence-corrected chi connectivity index (χ1v) is 12.3. The molecule has 0 saturated heterocycles. The van der Waals surface area contributed by atoms with Crippen molar-refractivity contribution in [3.8, 4) is 0 Å². The molecule has 0 aliphatic carbocycles. The third-order valence-corrected chi connectivity index (χ3v) is 7.52. The van der Waals surface area contributed by atoms with E-state index in [1.54, 1.807) is 32.0 Å². The number of rotatable bonds is 7. The molecule has 0 bridgehead atoms. The lowest BCUT2D eigenvalue weighted by molar-refractivity contribution is -0.140. The molecule has 8 nitrogen and oxygen atoms in total. The zero-order chi connectivity index (χ0) is 24.5. The monoisotopic (exact) mass is 511 g/mol. The molecule has 3 amide bonds. The maximum Gasteiger partial charge on any atom is 0.269 e. The topological polar surface area (TPSA) is 104 Å². The first kappa shape index (κ1) is 25.0. The number of carbonyl (C=O) groups excluding carboxylic acids is 3. The summed E-state index contributed by atoms with van der Waals surface area (Å²) in [5.41, 5.74) is 0.515. The highest BCUT2D eigenvalue weighted by Crippen LogP contribution is 2.30. The Hall–Kier alpha value is -2.62. The number of hydrogen-bond donors (Lipinski definition) is 1. The molecule has 33 heavy (non-hydrogen) atoms. The van der Waals surface area contributed by atoms with Gasteiger partial charge < -0.3 is 10.2 Å². The van der Waals surface area contributed by atoms with Gasteiger partial charge in [-0.2, -0.15) is 0 Å². The van der Waals surface area contributed by atoms with Gasteiger partial charge in [-0.05, 0) is 50.6 Å². The van der Waals surface area contributed by atoms with Crippen molar-refractivity contribution in [2.45, 2.75) is 44.3 Å². The Bertz CT molecular complexity index is 1220. The molecule has 1 heterocycles. The second-order valence-corrected chi connectivity index (χ2v) is 10.6. The second kappa shape index (κ2) is 9.70. The first-order valence-electron chi connectivity index (χ1n) is 10.1. The first-order chi connectivity index (χ1) is 15.4. The Kier molecular flexibility index (Phi) is 7.36. The van der Waals surface area contributed by atoms with E-state index in [9.17, 15) is 22.8 Å². The molecule has 1 N–H and O–H groups in total. The molecular formula is C22H23Cl2N3O5S. The van der Waals surface area contributed by atoms with E-state index in [2.05, 4.69) is 5.32 Å². The average Bonchev–Trinajstić information content (AvgIpc) is 2.93. The van der Waals surface area contributed by atoms with E-state index in [4.69, 9.17) is 23.2 Å². The molecule has 0 fully saturated rings. The number of carbonyl (C=O) groups is 3. The fourth-order valence-electron chi connectivity index (χ4n) is 3.42. The average molecular weight is 512 g/mol. The molecule has 0 aromatic heterocycles. The summed E-state index contributed by atoms with van der Waals surface area (Å²) in [5, 5.41) is 3.42. The lowest BCUT2D eigenvalue weighted by atomic mass is 10.1. The largest absolute Gasteiger partial charge is 0.352 e. The summed E-state index contributed by atoms with van der Waals surface area (Å²) in [6.45, 7) is 4.24. The van der Waals surface area contributed by atoms with E-state index in [1.165, 1.54) is 36.1 Å². The highest BCUT2D eigenvalue weighted by Gasteiger charge is 2.43. The molecule has 0 spiro atoms. The van der Waals surface area contributed by atoms with Crippen molar-refractivity contribution in [1.29, 1.82) is 0 Å². The number of hydrogen-bond acceptors (Lipinski definition) is 5. The van der Waals surface area contributed by atoms with Crippen LogP contribution < -0.4 is 5.32 Å². The van der Waals surface area contributed by atoms with Crippen LogP contribution in [0.3, 0.4) is 0 Å². The van der Waals surface area contributed by atoms with Crippen molar-refractivity contribution in [3.05, 3.63) is 63.6 Å². The zero-order valence-corrected chi connectivity index (χ0v) is 20.5. The number of sulfonamides is 1. The normalized spacial score (nSPS) is 15.3. The van der Waals surface area contributed by atoms with Crippen LogP contribution >= 0.6 is 23.2 Å². The molecule has 3 rings (SSSR count). The van der Waals surface area contributed by atoms with Gasteiger partial charge >= 0.3 is 0 Å². The lowest BCUT2D eigenvalue weighted by Gasteiger charge is -2.30. The summed E-state index contributed by atoms with van der Waals surface area (Å²) in [7, 11) is -4.18. The van der Waals surface area contributed by atoms with Crippen LogP contribution in [0.1, 0.15) is 36.7 Å². The third kappa shape index (κ3) is 5.15. The van der Waals surface area contributed by atoms with Gasteiger partial charge in [0.25, 0.3) is 15.9 Å². The zero-order valence-electron chi connectivity index (χ0n) is 18.2. The molecule has 2 aromatic rings. The van der Waals surface area contributed by atoms with Crippen LogP contribution in [-0.4, -0.2) is 54.0 Å². The molecule has 1 aliphatic heterocycles. The van der Waals surface area contributed by atoms with E-state index in [1.807, 2.05) is 0 Å². The van der Waals surface area contributed by atoms with Gasteiger partial charge in [-0.1, -0.05) is 41.4 Å². The van der Waals surface area contributed by atoms with E-state index in [-0.39, 0.29) is 28.1 Å². The number of nitrogens with one attached hydrogen (secondary N) is 1. The summed E-state index contributed by atoms with van der Waals surface area (Å²) >= 11 is 12.2. The molecular weight excluding hydrogens is 489 g/mol. The summed E-state index contributed by atoms with van der Waals surface area (Å²) in [6, 6.07) is 9.33. The van der Waals surface area contributed by atoms with Crippen LogP contribution in [0.4, 0.5) is 0 Å². The van der Waals surface area contributed by atoms with Crippen LogP contribution in [0.15, 0.2) is 47.4 Å². The summed E-state index contributed by atoms with van der Waals surface area (Å²) in [5.74, 6) is -1.94. The third-order valence-electron chi connectivity index (χ3n) is 5.14. The molecule has 1 aliphatic rings. The standard InChI is InChI=1S/C22H23Cl2N3O5S/c1-13(2)25-21(29)14(3)26(11-15-8-9-16(23)10-18(15)24)20(28)12-27-22(30)17-6-4-5-7-19(17)33(27,31)32/h4-10,13-14H,11-12H2,1-3H3,(H,25,29)/t14-/m0/s1. The number of amides is 3. The van der Waals surface area contributed by atoms with Crippen LogP contribution in [-0.2, 0) is 26.2 Å². The van der Waals surface area contributed by atoms with E-state index >= 15 is 0 Å². The second-order valence-electron chi connectivity index (χ2n) is 7.91. The SMILES string of the molecule is CC(C)NC(=O)[C@H](C)N(Cc1ccc(Cl)cc1Cl)C(=O)CN1C(=O)c2ccccc2S1(=O)=O. The van der Waals surface area contributed by atoms with Crippen LogP contribution in [0.5, 0.6) is 0 Å². The minimum absolute atomic E-state index is 0.00296. The molecule has 2 aromatic carbocycles. The quantitative estimate of drug-likeness (QED) is 0.614. The number of halogens is 2. The van der Waals surface area contributed by atoms with Gasteiger partial charge in [-0.15, -0.1) is 0 Å². The number of benzene rings is 2. The Morgan fingerprint density at radius 2 is 1.76 bits per heavy atom. The maximum absolute atomic E-state index is 13.3. The predicted octanol–water partition coefficient (Wildman–Crippen LogP) is 3.08. The fourth-order valence-corrected chi connectivity index (χ4v) is 5.41. The predicted molar refractivity (Wildman–Crippen MR) is 124 cm³/mol. The Morgan fingerprint density at radius 3 is 2.36 bits per heavy atom.